The first-order valence-electron chi connectivity index (χ1n) is 13.1. The number of rotatable bonds is 7. The Hall–Kier alpha value is -4.32. The van der Waals surface area contributed by atoms with Gasteiger partial charge < -0.3 is 15.0 Å². The van der Waals surface area contributed by atoms with E-state index in [1.165, 1.54) is 18.2 Å². The number of aliphatic imine (C=N–C) groups is 1. The van der Waals surface area contributed by atoms with E-state index >= 15 is 0 Å². The number of hydrogen-bond acceptors (Lipinski definition) is 7. The maximum Gasteiger partial charge on any atom is 0.418 e. The van der Waals surface area contributed by atoms with Crippen LogP contribution in [0, 0.1) is 0 Å². The summed E-state index contributed by atoms with van der Waals surface area (Å²) in [5.41, 5.74) is 2.36. The molecule has 2 amide bonds. The quantitative estimate of drug-likeness (QED) is 0.363. The van der Waals surface area contributed by atoms with Crippen molar-refractivity contribution in [1.29, 1.82) is 0 Å². The van der Waals surface area contributed by atoms with Crippen molar-refractivity contribution in [3.8, 4) is 5.75 Å². The van der Waals surface area contributed by atoms with Gasteiger partial charge in [0.15, 0.2) is 5.17 Å². The van der Waals surface area contributed by atoms with Crippen molar-refractivity contribution in [2.75, 3.05) is 31.4 Å². The highest BCUT2D eigenvalue weighted by Crippen LogP contribution is 2.40. The number of hydrazone groups is 1. The standard InChI is InChI=1S/C30H28F3N5O3S/c1-37(2)20-12-8-19(9-13-20)25-16-24(18-10-14-21(41-3)15-11-18)36-38(25)29-35-28(40)26(42-29)17-27(39)34-23-7-5-4-6-22(23)30(31,32)33/h4-15,25-26H,16-17H2,1-3H3,(H,34,39). The average Bonchev–Trinajstić information content (AvgIpc) is 3.56. The van der Waals surface area contributed by atoms with Crippen molar-refractivity contribution in [1.82, 2.24) is 5.01 Å². The normalized spacial score (nSPS) is 18.5. The molecule has 0 fully saturated rings. The van der Waals surface area contributed by atoms with Gasteiger partial charge in [0, 0.05) is 32.6 Å². The van der Waals surface area contributed by atoms with Crippen LogP contribution >= 0.6 is 11.8 Å². The zero-order chi connectivity index (χ0) is 30.0. The minimum absolute atomic E-state index is 0.261. The topological polar surface area (TPSA) is 86.6 Å². The number of amidine groups is 1. The van der Waals surface area contributed by atoms with E-state index in [4.69, 9.17) is 9.84 Å². The summed E-state index contributed by atoms with van der Waals surface area (Å²) in [6, 6.07) is 20.0. The number of carbonyl (C=O) groups excluding carboxylic acids is 2. The number of para-hydroxylation sites is 1. The summed E-state index contributed by atoms with van der Waals surface area (Å²) >= 11 is 1.08. The molecule has 2 aliphatic heterocycles. The molecule has 2 atom stereocenters. The van der Waals surface area contributed by atoms with Crippen molar-refractivity contribution >= 4 is 45.8 Å². The zero-order valence-electron chi connectivity index (χ0n) is 23.1. The Morgan fingerprint density at radius 3 is 2.40 bits per heavy atom. The van der Waals surface area contributed by atoms with E-state index in [1.54, 1.807) is 12.1 Å². The highest BCUT2D eigenvalue weighted by molar-refractivity contribution is 8.15. The van der Waals surface area contributed by atoms with Crippen LogP contribution in [-0.4, -0.2) is 54.2 Å². The number of nitrogens with one attached hydrogen (secondary N) is 1. The Morgan fingerprint density at radius 2 is 1.76 bits per heavy atom. The molecule has 0 spiro atoms. The van der Waals surface area contributed by atoms with Gasteiger partial charge in [0.25, 0.3) is 5.91 Å². The van der Waals surface area contributed by atoms with Gasteiger partial charge >= 0.3 is 6.18 Å². The molecule has 42 heavy (non-hydrogen) atoms. The number of thioether (sulfide) groups is 1. The van der Waals surface area contributed by atoms with Crippen LogP contribution in [0.3, 0.4) is 0 Å². The van der Waals surface area contributed by atoms with Crippen molar-refractivity contribution in [3.05, 3.63) is 89.5 Å². The summed E-state index contributed by atoms with van der Waals surface area (Å²) in [6.45, 7) is 0. The molecule has 2 aliphatic rings. The molecule has 3 aromatic rings. The monoisotopic (exact) mass is 595 g/mol. The third kappa shape index (κ3) is 6.28. The predicted octanol–water partition coefficient (Wildman–Crippen LogP) is 5.96. The van der Waals surface area contributed by atoms with E-state index in [1.807, 2.05) is 67.5 Å². The number of ether oxygens (including phenoxy) is 1. The summed E-state index contributed by atoms with van der Waals surface area (Å²) < 4.78 is 45.4. The van der Waals surface area contributed by atoms with Gasteiger partial charge in [-0.15, -0.1) is 0 Å². The van der Waals surface area contributed by atoms with Gasteiger partial charge in [-0.3, -0.25) is 9.59 Å². The van der Waals surface area contributed by atoms with Gasteiger partial charge in [-0.25, -0.2) is 5.01 Å². The first-order valence-corrected chi connectivity index (χ1v) is 13.9. The Labute approximate surface area is 245 Å². The first-order chi connectivity index (χ1) is 20.0. The summed E-state index contributed by atoms with van der Waals surface area (Å²) in [4.78, 5) is 31.8. The molecule has 3 aromatic carbocycles. The number of halogens is 3. The first kappa shape index (κ1) is 29.2. The lowest BCUT2D eigenvalue weighted by Gasteiger charge is -2.24. The molecule has 0 saturated carbocycles. The van der Waals surface area contributed by atoms with Crippen molar-refractivity contribution in [2.45, 2.75) is 30.3 Å². The van der Waals surface area contributed by atoms with Crippen LogP contribution in [0.5, 0.6) is 5.75 Å². The molecule has 0 saturated heterocycles. The summed E-state index contributed by atoms with van der Waals surface area (Å²) in [6.07, 6.45) is -4.43. The van der Waals surface area contributed by atoms with Crippen molar-refractivity contribution in [2.24, 2.45) is 10.1 Å². The van der Waals surface area contributed by atoms with E-state index in [0.717, 1.165) is 40.4 Å². The molecule has 0 aliphatic carbocycles. The fourth-order valence-corrected chi connectivity index (χ4v) is 5.77. The Kier molecular flexibility index (Phi) is 8.26. The van der Waals surface area contributed by atoms with Gasteiger partial charge in [0.1, 0.15) is 11.0 Å². The highest BCUT2D eigenvalue weighted by atomic mass is 32.2. The molecule has 2 heterocycles. The molecular weight excluding hydrogens is 567 g/mol. The number of alkyl halides is 3. The fourth-order valence-electron chi connectivity index (χ4n) is 4.71. The third-order valence-electron chi connectivity index (χ3n) is 6.93. The van der Waals surface area contributed by atoms with Crippen LogP contribution in [0.4, 0.5) is 24.5 Å². The Balaban J connectivity index is 1.36. The molecule has 218 valence electrons. The summed E-state index contributed by atoms with van der Waals surface area (Å²) in [5.74, 6) is -0.539. The lowest BCUT2D eigenvalue weighted by Crippen LogP contribution is -2.25. The Bertz CT molecular complexity index is 1540. The number of nitrogens with zero attached hydrogens (tertiary/aromatic N) is 4. The maximum atomic E-state index is 13.4. The van der Waals surface area contributed by atoms with Crippen LogP contribution in [0.25, 0.3) is 0 Å². The lowest BCUT2D eigenvalue weighted by atomic mass is 9.98. The zero-order valence-corrected chi connectivity index (χ0v) is 23.9. The van der Waals surface area contributed by atoms with Crippen LogP contribution in [0.2, 0.25) is 0 Å². The molecule has 5 rings (SSSR count). The lowest BCUT2D eigenvalue weighted by molar-refractivity contribution is -0.137. The predicted molar refractivity (Wildman–Crippen MR) is 158 cm³/mol. The summed E-state index contributed by atoms with van der Waals surface area (Å²) in [5, 5.41) is 8.28. The van der Waals surface area contributed by atoms with E-state index in [-0.39, 0.29) is 18.2 Å². The molecule has 1 N–H and O–H groups in total. The summed E-state index contributed by atoms with van der Waals surface area (Å²) in [7, 11) is 5.50. The number of benzene rings is 3. The second kappa shape index (κ2) is 11.9. The molecule has 12 heteroatoms. The molecule has 2 unspecified atom stereocenters. The molecule has 0 aromatic heterocycles. The van der Waals surface area contributed by atoms with Gasteiger partial charge in [0.05, 0.1) is 30.1 Å². The van der Waals surface area contributed by atoms with Gasteiger partial charge in [0.2, 0.25) is 5.91 Å². The van der Waals surface area contributed by atoms with Crippen LogP contribution in [-0.2, 0) is 15.8 Å². The van der Waals surface area contributed by atoms with Crippen molar-refractivity contribution < 1.29 is 27.5 Å². The van der Waals surface area contributed by atoms with Crippen LogP contribution in [0.15, 0.2) is 82.9 Å². The van der Waals surface area contributed by atoms with E-state index in [9.17, 15) is 22.8 Å². The smallest absolute Gasteiger partial charge is 0.418 e. The van der Waals surface area contributed by atoms with Gasteiger partial charge in [-0.05, 0) is 59.7 Å². The average molecular weight is 596 g/mol. The van der Waals surface area contributed by atoms with E-state index in [0.29, 0.717) is 17.3 Å². The molecule has 0 bridgehead atoms. The van der Waals surface area contributed by atoms with Crippen molar-refractivity contribution in [3.63, 3.8) is 0 Å². The van der Waals surface area contributed by atoms with Crippen LogP contribution in [0.1, 0.15) is 35.6 Å². The maximum absolute atomic E-state index is 13.4. The highest BCUT2D eigenvalue weighted by Gasteiger charge is 2.40. The van der Waals surface area contributed by atoms with E-state index < -0.39 is 28.8 Å². The number of carbonyl (C=O) groups is 2. The Morgan fingerprint density at radius 1 is 1.07 bits per heavy atom. The SMILES string of the molecule is COc1ccc(C2=NN(C3=NC(=O)C(CC(=O)Nc4ccccc4C(F)(F)F)S3)C(c3ccc(N(C)C)cc3)C2)cc1. The number of amides is 2. The molecule has 0 radical (unpaired) electrons. The second-order valence-electron chi connectivity index (χ2n) is 9.96. The number of hydrogen-bond donors (Lipinski definition) is 1. The van der Waals surface area contributed by atoms with E-state index in [2.05, 4.69) is 10.3 Å². The van der Waals surface area contributed by atoms with Gasteiger partial charge in [-0.2, -0.15) is 23.3 Å². The van der Waals surface area contributed by atoms with Gasteiger partial charge in [-0.1, -0.05) is 36.0 Å². The third-order valence-corrected chi connectivity index (χ3v) is 8.07. The minimum atomic E-state index is -4.63. The molecule has 8 nitrogen and oxygen atoms in total. The minimum Gasteiger partial charge on any atom is -0.497 e. The largest absolute Gasteiger partial charge is 0.497 e. The second-order valence-corrected chi connectivity index (χ2v) is 11.1. The number of methoxy groups -OCH3 is 1. The molecular formula is C30H28F3N5O3S. The van der Waals surface area contributed by atoms with Crippen LogP contribution < -0.4 is 15.0 Å². The fraction of sp³-hybridized carbons (Fsp3) is 0.267. The number of anilines is 2.